The van der Waals surface area contributed by atoms with Crippen molar-refractivity contribution in [2.75, 3.05) is 13.2 Å². The molecule has 178 valence electrons. The Hall–Kier alpha value is -2.64. The molecule has 1 aromatic heterocycles. The number of aliphatic hydroxyl groups excluding tert-OH is 1. The Labute approximate surface area is 193 Å². The zero-order valence-corrected chi connectivity index (χ0v) is 19.1. The zero-order chi connectivity index (χ0) is 23.2. The molecule has 0 radical (unpaired) electrons. The van der Waals surface area contributed by atoms with Gasteiger partial charge in [-0.05, 0) is 50.8 Å². The molecule has 2 aliphatic rings. The highest BCUT2D eigenvalue weighted by Crippen LogP contribution is 2.39. The molecule has 1 fully saturated rings. The lowest BCUT2D eigenvalue weighted by Gasteiger charge is -2.37. The lowest BCUT2D eigenvalue weighted by molar-refractivity contribution is -0.167. The first-order valence-corrected chi connectivity index (χ1v) is 12.0. The van der Waals surface area contributed by atoms with Gasteiger partial charge in [-0.15, -0.1) is 0 Å². The lowest BCUT2D eigenvalue weighted by Crippen LogP contribution is -2.42. The standard InChI is InChI=1S/C26H33NO6/c1-2-31-26-18(12-8-14-28)20(21-16-32-22-13-7-6-11-19(22)24(21)29)15-23(33-26)25(30)27-17-9-4-3-5-10-17/h6-7,11,13,15-18,20,26,28H,2-5,8-10,12,14H2,1H3,(H,27,30)/t18-,20+,26-/m0/s1. The molecule has 0 saturated heterocycles. The predicted molar refractivity (Wildman–Crippen MR) is 125 cm³/mol. The van der Waals surface area contributed by atoms with Crippen molar-refractivity contribution in [3.05, 3.63) is 58.2 Å². The van der Waals surface area contributed by atoms with Crippen LogP contribution >= 0.6 is 0 Å². The summed E-state index contributed by atoms with van der Waals surface area (Å²) in [6.45, 7) is 2.29. The summed E-state index contributed by atoms with van der Waals surface area (Å²) < 4.78 is 17.7. The Balaban J connectivity index is 1.71. The maximum atomic E-state index is 13.4. The van der Waals surface area contributed by atoms with E-state index in [2.05, 4.69) is 5.32 Å². The quantitative estimate of drug-likeness (QED) is 0.625. The summed E-state index contributed by atoms with van der Waals surface area (Å²) in [4.78, 5) is 26.5. The van der Waals surface area contributed by atoms with Gasteiger partial charge in [-0.1, -0.05) is 31.4 Å². The number of hydrogen-bond acceptors (Lipinski definition) is 6. The van der Waals surface area contributed by atoms with E-state index in [0.29, 0.717) is 36.0 Å². The van der Waals surface area contributed by atoms with Crippen LogP contribution in [-0.4, -0.2) is 36.6 Å². The second-order valence-electron chi connectivity index (χ2n) is 8.85. The van der Waals surface area contributed by atoms with Gasteiger partial charge in [-0.2, -0.15) is 0 Å². The molecule has 2 aromatic rings. The number of rotatable bonds is 8. The lowest BCUT2D eigenvalue weighted by atomic mass is 9.81. The van der Waals surface area contributed by atoms with Gasteiger partial charge < -0.3 is 24.3 Å². The van der Waals surface area contributed by atoms with E-state index in [-0.39, 0.29) is 35.7 Å². The molecule has 1 aromatic carbocycles. The first kappa shape index (κ1) is 23.5. The third kappa shape index (κ3) is 5.31. The van der Waals surface area contributed by atoms with Crippen molar-refractivity contribution in [1.29, 1.82) is 0 Å². The summed E-state index contributed by atoms with van der Waals surface area (Å²) in [5, 5.41) is 13.0. The number of ether oxygens (including phenoxy) is 2. The minimum Gasteiger partial charge on any atom is -0.464 e. The summed E-state index contributed by atoms with van der Waals surface area (Å²) in [6.07, 6.45) is 8.97. The van der Waals surface area contributed by atoms with Gasteiger partial charge in [-0.3, -0.25) is 9.59 Å². The molecule has 0 unspecified atom stereocenters. The fourth-order valence-electron chi connectivity index (χ4n) is 4.95. The van der Waals surface area contributed by atoms with Gasteiger partial charge in [0, 0.05) is 36.7 Å². The molecule has 0 spiro atoms. The number of fused-ring (bicyclic) bond motifs is 1. The highest BCUT2D eigenvalue weighted by Gasteiger charge is 2.39. The average molecular weight is 456 g/mol. The molecule has 33 heavy (non-hydrogen) atoms. The topological polar surface area (TPSA) is 98.0 Å². The summed E-state index contributed by atoms with van der Waals surface area (Å²) in [7, 11) is 0. The largest absolute Gasteiger partial charge is 0.464 e. The van der Waals surface area contributed by atoms with Crippen molar-refractivity contribution in [3.63, 3.8) is 0 Å². The van der Waals surface area contributed by atoms with Crippen LogP contribution < -0.4 is 10.7 Å². The highest BCUT2D eigenvalue weighted by molar-refractivity contribution is 5.92. The fraction of sp³-hybridized carbons (Fsp3) is 0.538. The number of aliphatic hydroxyl groups is 1. The van der Waals surface area contributed by atoms with Gasteiger partial charge in [0.25, 0.3) is 5.91 Å². The molecular formula is C26H33NO6. The number of nitrogens with one attached hydrogen (secondary N) is 1. The summed E-state index contributed by atoms with van der Waals surface area (Å²) in [6, 6.07) is 7.26. The number of carbonyl (C=O) groups is 1. The number of carbonyl (C=O) groups excluding carboxylic acids is 1. The van der Waals surface area contributed by atoms with E-state index >= 15 is 0 Å². The molecular weight excluding hydrogens is 422 g/mol. The van der Waals surface area contributed by atoms with E-state index in [4.69, 9.17) is 13.9 Å². The molecule has 0 bridgehead atoms. The Kier molecular flexibility index (Phi) is 7.83. The maximum absolute atomic E-state index is 13.4. The first-order valence-electron chi connectivity index (χ1n) is 12.0. The van der Waals surface area contributed by atoms with E-state index in [1.54, 1.807) is 24.3 Å². The fourth-order valence-corrected chi connectivity index (χ4v) is 4.95. The SMILES string of the molecule is CCO[C@H]1OC(C(=O)NC2CCCCC2)=C[C@@H](c2coc3ccccc3c2=O)[C@@H]1CCCO. The molecule has 2 N–H and O–H groups in total. The maximum Gasteiger partial charge on any atom is 0.286 e. The van der Waals surface area contributed by atoms with Crippen LogP contribution in [-0.2, 0) is 14.3 Å². The molecule has 1 aliphatic heterocycles. The summed E-state index contributed by atoms with van der Waals surface area (Å²) in [5.74, 6) is -0.776. The van der Waals surface area contributed by atoms with Crippen LogP contribution in [0.15, 0.2) is 51.6 Å². The second-order valence-corrected chi connectivity index (χ2v) is 8.85. The van der Waals surface area contributed by atoms with E-state index in [0.717, 1.165) is 25.7 Å². The minimum absolute atomic E-state index is 0.0210. The van der Waals surface area contributed by atoms with Crippen LogP contribution in [0.1, 0.15) is 63.4 Å². The van der Waals surface area contributed by atoms with Crippen molar-refractivity contribution >= 4 is 16.9 Å². The molecule has 3 atom stereocenters. The molecule has 2 heterocycles. The van der Waals surface area contributed by atoms with E-state index in [9.17, 15) is 14.7 Å². The van der Waals surface area contributed by atoms with Crippen molar-refractivity contribution in [3.8, 4) is 0 Å². The van der Waals surface area contributed by atoms with Crippen LogP contribution in [0, 0.1) is 5.92 Å². The zero-order valence-electron chi connectivity index (χ0n) is 19.1. The van der Waals surface area contributed by atoms with Gasteiger partial charge in [-0.25, -0.2) is 0 Å². The Morgan fingerprint density at radius 3 is 2.76 bits per heavy atom. The number of para-hydroxylation sites is 1. The molecule has 7 heteroatoms. The van der Waals surface area contributed by atoms with Gasteiger partial charge in [0.1, 0.15) is 5.58 Å². The molecule has 7 nitrogen and oxygen atoms in total. The molecule has 1 aliphatic carbocycles. The monoisotopic (exact) mass is 455 g/mol. The highest BCUT2D eigenvalue weighted by atomic mass is 16.7. The smallest absolute Gasteiger partial charge is 0.286 e. The van der Waals surface area contributed by atoms with Gasteiger partial charge in [0.2, 0.25) is 6.29 Å². The van der Waals surface area contributed by atoms with Crippen molar-refractivity contribution < 1.29 is 23.8 Å². The Morgan fingerprint density at radius 1 is 1.21 bits per heavy atom. The van der Waals surface area contributed by atoms with E-state index in [1.165, 1.54) is 12.7 Å². The normalized spacial score (nSPS) is 23.7. The van der Waals surface area contributed by atoms with Gasteiger partial charge in [0.15, 0.2) is 11.2 Å². The Bertz CT molecular complexity index is 1040. The first-order chi connectivity index (χ1) is 16.1. The Morgan fingerprint density at radius 2 is 2.00 bits per heavy atom. The second kappa shape index (κ2) is 11.0. The number of hydrogen-bond donors (Lipinski definition) is 2. The van der Waals surface area contributed by atoms with Crippen LogP contribution in [0.2, 0.25) is 0 Å². The van der Waals surface area contributed by atoms with Crippen molar-refractivity contribution in [2.45, 2.75) is 70.1 Å². The predicted octanol–water partition coefficient (Wildman–Crippen LogP) is 3.99. The summed E-state index contributed by atoms with van der Waals surface area (Å²) >= 11 is 0. The number of allylic oxidation sites excluding steroid dienone is 1. The molecule has 1 amide bonds. The van der Waals surface area contributed by atoms with Gasteiger partial charge in [0.05, 0.1) is 11.6 Å². The molecule has 1 saturated carbocycles. The third-order valence-corrected chi connectivity index (χ3v) is 6.64. The van der Waals surface area contributed by atoms with Crippen molar-refractivity contribution in [1.82, 2.24) is 5.32 Å². The number of benzene rings is 1. The third-order valence-electron chi connectivity index (χ3n) is 6.64. The minimum atomic E-state index is -0.700. The van der Waals surface area contributed by atoms with Crippen molar-refractivity contribution in [2.24, 2.45) is 5.92 Å². The van der Waals surface area contributed by atoms with Crippen LogP contribution in [0.25, 0.3) is 11.0 Å². The van der Waals surface area contributed by atoms with Crippen LogP contribution in [0.4, 0.5) is 0 Å². The van der Waals surface area contributed by atoms with Crippen LogP contribution in [0.3, 0.4) is 0 Å². The van der Waals surface area contributed by atoms with Crippen LogP contribution in [0.5, 0.6) is 0 Å². The van der Waals surface area contributed by atoms with E-state index < -0.39 is 12.2 Å². The van der Waals surface area contributed by atoms with E-state index in [1.807, 2.05) is 13.0 Å². The van der Waals surface area contributed by atoms with Gasteiger partial charge >= 0.3 is 0 Å². The number of amides is 1. The molecule has 4 rings (SSSR count). The summed E-state index contributed by atoms with van der Waals surface area (Å²) in [5.41, 5.74) is 0.856. The average Bonchev–Trinajstić information content (AvgIpc) is 2.84.